The molecule has 3 atom stereocenters. The first-order valence-corrected chi connectivity index (χ1v) is 10.4. The third kappa shape index (κ3) is 2.75. The lowest BCUT2D eigenvalue weighted by atomic mass is 9.77. The third-order valence-corrected chi connectivity index (χ3v) is 7.33. The Hall–Kier alpha value is -2.11. The molecule has 0 spiro atoms. The molecule has 2 aromatic rings. The van der Waals surface area contributed by atoms with Crippen LogP contribution < -0.4 is 5.32 Å². The number of sulfonamides is 1. The summed E-state index contributed by atoms with van der Waals surface area (Å²) in [4.78, 5) is 0.358. The van der Waals surface area contributed by atoms with E-state index in [1.165, 1.54) is 15.4 Å². The lowest BCUT2D eigenvalue weighted by Crippen LogP contribution is -2.29. The Labute approximate surface area is 155 Å². The van der Waals surface area contributed by atoms with Crippen molar-refractivity contribution < 1.29 is 8.42 Å². The van der Waals surface area contributed by atoms with E-state index in [-0.39, 0.29) is 12.0 Å². The van der Waals surface area contributed by atoms with Gasteiger partial charge in [0.2, 0.25) is 10.0 Å². The van der Waals surface area contributed by atoms with E-state index in [0.29, 0.717) is 10.8 Å². The lowest BCUT2D eigenvalue weighted by molar-refractivity contribution is 0.425. The molecule has 0 radical (unpaired) electrons. The monoisotopic (exact) mass is 368 g/mol. The molecule has 3 unspecified atom stereocenters. The summed E-state index contributed by atoms with van der Waals surface area (Å²) in [6.07, 6.45) is 5.46. The van der Waals surface area contributed by atoms with Gasteiger partial charge in [0.25, 0.3) is 0 Å². The van der Waals surface area contributed by atoms with Crippen molar-refractivity contribution in [2.24, 2.45) is 5.92 Å². The van der Waals surface area contributed by atoms with E-state index in [9.17, 15) is 8.42 Å². The number of hydrogen-bond acceptors (Lipinski definition) is 3. The molecule has 0 saturated heterocycles. The van der Waals surface area contributed by atoms with Crippen molar-refractivity contribution in [3.8, 4) is 0 Å². The summed E-state index contributed by atoms with van der Waals surface area (Å²) in [7, 11) is -0.292. The highest BCUT2D eigenvalue weighted by Crippen LogP contribution is 2.50. The largest absolute Gasteiger partial charge is 0.378 e. The molecule has 1 aliphatic carbocycles. The van der Waals surface area contributed by atoms with Crippen LogP contribution in [0.2, 0.25) is 0 Å². The van der Waals surface area contributed by atoms with E-state index in [0.717, 1.165) is 17.7 Å². The minimum atomic E-state index is -3.43. The molecule has 0 amide bonds. The van der Waals surface area contributed by atoms with E-state index in [2.05, 4.69) is 48.7 Å². The van der Waals surface area contributed by atoms with Gasteiger partial charge in [0, 0.05) is 25.7 Å². The Balaban J connectivity index is 1.78. The van der Waals surface area contributed by atoms with Gasteiger partial charge in [-0.25, -0.2) is 12.7 Å². The zero-order valence-corrected chi connectivity index (χ0v) is 16.1. The van der Waals surface area contributed by atoms with Gasteiger partial charge >= 0.3 is 0 Å². The fourth-order valence-electron chi connectivity index (χ4n) is 4.14. The second kappa shape index (κ2) is 6.25. The normalized spacial score (nSPS) is 24.2. The van der Waals surface area contributed by atoms with Gasteiger partial charge in [-0.1, -0.05) is 42.0 Å². The predicted octanol–water partition coefficient (Wildman–Crippen LogP) is 4.07. The molecule has 4 nitrogen and oxygen atoms in total. The topological polar surface area (TPSA) is 49.4 Å². The minimum Gasteiger partial charge on any atom is -0.378 e. The molecular weight excluding hydrogens is 344 g/mol. The summed E-state index contributed by atoms with van der Waals surface area (Å²) in [5, 5.41) is 3.67. The quantitative estimate of drug-likeness (QED) is 0.831. The smallest absolute Gasteiger partial charge is 0.242 e. The predicted molar refractivity (Wildman–Crippen MR) is 105 cm³/mol. The van der Waals surface area contributed by atoms with Crippen LogP contribution in [0.4, 0.5) is 5.69 Å². The van der Waals surface area contributed by atoms with Crippen LogP contribution in [0.15, 0.2) is 59.5 Å². The molecule has 1 aliphatic heterocycles. The van der Waals surface area contributed by atoms with E-state index < -0.39 is 10.0 Å². The van der Waals surface area contributed by atoms with Crippen molar-refractivity contribution in [2.45, 2.75) is 30.2 Å². The van der Waals surface area contributed by atoms with Crippen LogP contribution in [0.3, 0.4) is 0 Å². The summed E-state index contributed by atoms with van der Waals surface area (Å²) in [6.45, 7) is 2.11. The van der Waals surface area contributed by atoms with Gasteiger partial charge < -0.3 is 5.32 Å². The minimum absolute atomic E-state index is 0.235. The summed E-state index contributed by atoms with van der Waals surface area (Å²) in [5.74, 6) is 0.649. The number of nitrogens with zero attached hydrogens (tertiary/aromatic N) is 1. The maximum absolute atomic E-state index is 12.5. The average Bonchev–Trinajstić information content (AvgIpc) is 3.10. The molecular formula is C21H24N2O2S. The van der Waals surface area contributed by atoms with Crippen LogP contribution in [0.1, 0.15) is 35.1 Å². The van der Waals surface area contributed by atoms with Gasteiger partial charge in [0.15, 0.2) is 0 Å². The average molecular weight is 369 g/mol. The number of anilines is 1. The van der Waals surface area contributed by atoms with Crippen molar-refractivity contribution in [1.29, 1.82) is 0 Å². The van der Waals surface area contributed by atoms with Crippen LogP contribution in [-0.4, -0.2) is 26.8 Å². The number of aryl methyl sites for hydroxylation is 1. The van der Waals surface area contributed by atoms with Crippen LogP contribution in [-0.2, 0) is 10.0 Å². The first-order valence-electron chi connectivity index (χ1n) is 8.94. The number of hydrogen-bond donors (Lipinski definition) is 1. The molecule has 2 aliphatic rings. The van der Waals surface area contributed by atoms with Gasteiger partial charge in [-0.15, -0.1) is 0 Å². The fraction of sp³-hybridized carbons (Fsp3) is 0.333. The van der Waals surface area contributed by atoms with E-state index in [4.69, 9.17) is 0 Å². The molecule has 5 heteroatoms. The number of nitrogens with one attached hydrogen (secondary N) is 1. The molecule has 0 saturated carbocycles. The molecule has 2 aromatic carbocycles. The van der Waals surface area contributed by atoms with Gasteiger partial charge in [0.05, 0.1) is 10.9 Å². The highest BCUT2D eigenvalue weighted by atomic mass is 32.2. The summed E-state index contributed by atoms with van der Waals surface area (Å²) in [5.41, 5.74) is 4.65. The van der Waals surface area contributed by atoms with Crippen molar-refractivity contribution in [1.82, 2.24) is 4.31 Å². The van der Waals surface area contributed by atoms with Crippen molar-refractivity contribution in [2.75, 3.05) is 19.4 Å². The van der Waals surface area contributed by atoms with Crippen molar-refractivity contribution in [3.63, 3.8) is 0 Å². The first-order chi connectivity index (χ1) is 12.4. The van der Waals surface area contributed by atoms with Crippen molar-refractivity contribution in [3.05, 3.63) is 71.3 Å². The molecule has 0 fully saturated rings. The Morgan fingerprint density at radius 2 is 1.92 bits per heavy atom. The summed E-state index contributed by atoms with van der Waals surface area (Å²) >= 11 is 0. The standard InChI is InChI=1S/C21H24N2O2S/c1-14-6-4-7-15(12-14)21-18-9-5-8-17(18)19-13-16(10-11-20(19)22-21)26(24,25)23(2)3/h4-8,10-13,17-18,21-22H,9H2,1-3H3. The number of rotatable bonds is 3. The lowest BCUT2D eigenvalue weighted by Gasteiger charge is -2.38. The highest BCUT2D eigenvalue weighted by molar-refractivity contribution is 7.89. The molecule has 136 valence electrons. The zero-order valence-electron chi connectivity index (χ0n) is 15.3. The Kier molecular flexibility index (Phi) is 4.16. The fourth-order valence-corrected chi connectivity index (χ4v) is 5.07. The maximum atomic E-state index is 12.5. The first kappa shape index (κ1) is 17.3. The molecule has 0 bridgehead atoms. The van der Waals surface area contributed by atoms with Crippen molar-refractivity contribution >= 4 is 15.7 Å². The molecule has 1 heterocycles. The van der Waals surface area contributed by atoms with E-state index in [1.54, 1.807) is 20.2 Å². The number of fused-ring (bicyclic) bond motifs is 3. The van der Waals surface area contributed by atoms with Gasteiger partial charge in [-0.05, 0) is 48.6 Å². The highest BCUT2D eigenvalue weighted by Gasteiger charge is 2.38. The zero-order chi connectivity index (χ0) is 18.5. The summed E-state index contributed by atoms with van der Waals surface area (Å²) in [6, 6.07) is 14.3. The number of benzene rings is 2. The summed E-state index contributed by atoms with van der Waals surface area (Å²) < 4.78 is 26.3. The van der Waals surface area contributed by atoms with Crippen LogP contribution in [0, 0.1) is 12.8 Å². The van der Waals surface area contributed by atoms with Gasteiger partial charge in [0.1, 0.15) is 0 Å². The van der Waals surface area contributed by atoms with E-state index >= 15 is 0 Å². The Bertz CT molecular complexity index is 979. The maximum Gasteiger partial charge on any atom is 0.242 e. The second-order valence-corrected chi connectivity index (χ2v) is 9.58. The number of allylic oxidation sites excluding steroid dienone is 2. The van der Waals surface area contributed by atoms with Gasteiger partial charge in [-0.2, -0.15) is 0 Å². The second-order valence-electron chi connectivity index (χ2n) is 7.43. The van der Waals surface area contributed by atoms with Crippen LogP contribution in [0.25, 0.3) is 0 Å². The molecule has 1 N–H and O–H groups in total. The van der Waals surface area contributed by atoms with Gasteiger partial charge in [-0.3, -0.25) is 0 Å². The van der Waals surface area contributed by atoms with E-state index in [1.807, 2.05) is 12.1 Å². The molecule has 26 heavy (non-hydrogen) atoms. The van der Waals surface area contributed by atoms with Crippen LogP contribution >= 0.6 is 0 Å². The molecule has 4 rings (SSSR count). The third-order valence-electron chi connectivity index (χ3n) is 5.51. The van der Waals surface area contributed by atoms with Crippen LogP contribution in [0.5, 0.6) is 0 Å². The Morgan fingerprint density at radius 1 is 1.12 bits per heavy atom. The SMILES string of the molecule is Cc1cccc(C2Nc3ccc(S(=O)(=O)N(C)C)cc3C3C=CCC32)c1. The Morgan fingerprint density at radius 3 is 2.65 bits per heavy atom. The molecule has 0 aromatic heterocycles.